The number of aliphatic carboxylic acids is 1. The highest BCUT2D eigenvalue weighted by Gasteiger charge is 2.38. The zero-order valence-electron chi connectivity index (χ0n) is 17.2. The number of nitrogens with zero attached hydrogens (tertiary/aromatic N) is 2. The standard InChI is InChI=1S/C24H30FN3O2/c25-21-8-6-17(7-9-21)18-10-12-27(13-11-18)14-20-15-28(16-22(20)26)23(24(29)30)19-4-2-1-3-5-19/h1-9,18,20,22-23H,10-16,26H2,(H,29,30). The van der Waals surface area contributed by atoms with Gasteiger partial charge in [0, 0.05) is 31.6 Å². The zero-order valence-corrected chi connectivity index (χ0v) is 17.2. The Kier molecular flexibility index (Phi) is 6.46. The van der Waals surface area contributed by atoms with E-state index in [1.54, 1.807) is 12.1 Å². The Balaban J connectivity index is 1.33. The molecule has 0 radical (unpaired) electrons. The van der Waals surface area contributed by atoms with Crippen LogP contribution >= 0.6 is 0 Å². The molecule has 2 aromatic carbocycles. The zero-order chi connectivity index (χ0) is 21.1. The fraction of sp³-hybridized carbons (Fsp3) is 0.458. The van der Waals surface area contributed by atoms with Crippen LogP contribution in [0.4, 0.5) is 4.39 Å². The summed E-state index contributed by atoms with van der Waals surface area (Å²) in [4.78, 5) is 16.4. The number of hydrogen-bond acceptors (Lipinski definition) is 4. The second-order valence-corrected chi connectivity index (χ2v) is 8.66. The summed E-state index contributed by atoms with van der Waals surface area (Å²) in [5.41, 5.74) is 8.46. The molecule has 2 heterocycles. The Morgan fingerprint density at radius 3 is 2.37 bits per heavy atom. The lowest BCUT2D eigenvalue weighted by atomic mass is 9.89. The summed E-state index contributed by atoms with van der Waals surface area (Å²) in [6.45, 7) is 4.18. The summed E-state index contributed by atoms with van der Waals surface area (Å²) in [5.74, 6) is -0.275. The van der Waals surface area contributed by atoms with Crippen molar-refractivity contribution in [1.82, 2.24) is 9.80 Å². The molecule has 3 atom stereocenters. The van der Waals surface area contributed by atoms with Gasteiger partial charge in [-0.15, -0.1) is 0 Å². The number of carboxylic acid groups (broad SMARTS) is 1. The highest BCUT2D eigenvalue weighted by atomic mass is 19.1. The lowest BCUT2D eigenvalue weighted by molar-refractivity contribution is -0.143. The molecule has 0 bridgehead atoms. The van der Waals surface area contributed by atoms with Crippen molar-refractivity contribution in [2.24, 2.45) is 11.7 Å². The second-order valence-electron chi connectivity index (χ2n) is 8.66. The first-order valence-electron chi connectivity index (χ1n) is 10.8. The smallest absolute Gasteiger partial charge is 0.325 e. The summed E-state index contributed by atoms with van der Waals surface area (Å²) < 4.78 is 13.2. The maximum Gasteiger partial charge on any atom is 0.325 e. The second kappa shape index (κ2) is 9.25. The summed E-state index contributed by atoms with van der Waals surface area (Å²) >= 11 is 0. The number of rotatable bonds is 6. The minimum atomic E-state index is -0.825. The van der Waals surface area contributed by atoms with Gasteiger partial charge in [-0.25, -0.2) is 4.39 Å². The van der Waals surface area contributed by atoms with Crippen molar-refractivity contribution in [3.8, 4) is 0 Å². The van der Waals surface area contributed by atoms with Crippen LogP contribution in [0.25, 0.3) is 0 Å². The minimum absolute atomic E-state index is 0.0228. The lowest BCUT2D eigenvalue weighted by Gasteiger charge is -2.34. The van der Waals surface area contributed by atoms with Crippen molar-refractivity contribution in [2.45, 2.75) is 30.8 Å². The fourth-order valence-electron chi connectivity index (χ4n) is 5.00. The number of nitrogens with two attached hydrogens (primary N) is 1. The van der Waals surface area contributed by atoms with E-state index in [1.807, 2.05) is 47.4 Å². The third-order valence-electron chi connectivity index (χ3n) is 6.66. The molecule has 3 N–H and O–H groups in total. The van der Waals surface area contributed by atoms with Gasteiger partial charge in [0.05, 0.1) is 0 Å². The molecule has 2 aromatic rings. The number of hydrogen-bond donors (Lipinski definition) is 2. The molecular weight excluding hydrogens is 381 g/mol. The first-order chi connectivity index (χ1) is 14.5. The van der Waals surface area contributed by atoms with E-state index in [0.29, 0.717) is 19.0 Å². The van der Waals surface area contributed by atoms with Gasteiger partial charge in [0.15, 0.2) is 0 Å². The minimum Gasteiger partial charge on any atom is -0.480 e. The van der Waals surface area contributed by atoms with Crippen LogP contribution in [0.15, 0.2) is 54.6 Å². The van der Waals surface area contributed by atoms with Gasteiger partial charge in [-0.05, 0) is 55.1 Å². The molecule has 30 heavy (non-hydrogen) atoms. The maximum atomic E-state index is 13.2. The summed E-state index contributed by atoms with van der Waals surface area (Å²) in [6, 6.07) is 15.6. The third-order valence-corrected chi connectivity index (χ3v) is 6.66. The Morgan fingerprint density at radius 1 is 1.07 bits per heavy atom. The predicted octanol–water partition coefficient (Wildman–Crippen LogP) is 3.09. The fourth-order valence-corrected chi connectivity index (χ4v) is 5.00. The van der Waals surface area contributed by atoms with Crippen molar-refractivity contribution in [3.63, 3.8) is 0 Å². The lowest BCUT2D eigenvalue weighted by Crippen LogP contribution is -2.41. The number of benzene rings is 2. The molecule has 5 nitrogen and oxygen atoms in total. The molecule has 2 fully saturated rings. The molecule has 0 spiro atoms. The highest BCUT2D eigenvalue weighted by Crippen LogP contribution is 2.31. The molecule has 160 valence electrons. The van der Waals surface area contributed by atoms with Crippen LogP contribution in [0.2, 0.25) is 0 Å². The Bertz CT molecular complexity index is 837. The number of carbonyl (C=O) groups is 1. The van der Waals surface area contributed by atoms with Gasteiger partial charge in [-0.1, -0.05) is 42.5 Å². The summed E-state index contributed by atoms with van der Waals surface area (Å²) in [7, 11) is 0. The molecule has 2 saturated heterocycles. The average Bonchev–Trinajstić information content (AvgIpc) is 3.09. The average molecular weight is 412 g/mol. The van der Waals surface area contributed by atoms with Crippen molar-refractivity contribution in [3.05, 3.63) is 71.5 Å². The number of halogens is 1. The highest BCUT2D eigenvalue weighted by molar-refractivity contribution is 5.75. The van der Waals surface area contributed by atoms with Gasteiger partial charge in [0.25, 0.3) is 0 Å². The Morgan fingerprint density at radius 2 is 1.73 bits per heavy atom. The first kappa shape index (κ1) is 21.0. The van der Waals surface area contributed by atoms with Crippen LogP contribution in [-0.4, -0.2) is 59.6 Å². The number of likely N-dealkylation sites (tertiary alicyclic amines) is 2. The van der Waals surface area contributed by atoms with Crippen molar-refractivity contribution >= 4 is 5.97 Å². The van der Waals surface area contributed by atoms with Gasteiger partial charge < -0.3 is 15.7 Å². The van der Waals surface area contributed by atoms with Crippen LogP contribution in [0.1, 0.15) is 35.9 Å². The van der Waals surface area contributed by atoms with Crippen LogP contribution in [0.5, 0.6) is 0 Å². The molecule has 0 saturated carbocycles. The number of piperidine rings is 1. The van der Waals surface area contributed by atoms with Crippen LogP contribution in [0, 0.1) is 11.7 Å². The van der Waals surface area contributed by atoms with E-state index in [1.165, 1.54) is 5.56 Å². The molecule has 6 heteroatoms. The number of carboxylic acids is 1. The monoisotopic (exact) mass is 411 g/mol. The Hall–Kier alpha value is -2.28. The first-order valence-corrected chi connectivity index (χ1v) is 10.8. The van der Waals surface area contributed by atoms with Crippen molar-refractivity contribution in [2.75, 3.05) is 32.7 Å². The van der Waals surface area contributed by atoms with E-state index < -0.39 is 12.0 Å². The predicted molar refractivity (Wildman–Crippen MR) is 115 cm³/mol. The van der Waals surface area contributed by atoms with E-state index in [4.69, 9.17) is 5.73 Å². The summed E-state index contributed by atoms with van der Waals surface area (Å²) in [5, 5.41) is 9.82. The van der Waals surface area contributed by atoms with E-state index in [0.717, 1.165) is 38.0 Å². The van der Waals surface area contributed by atoms with E-state index in [9.17, 15) is 14.3 Å². The quantitative estimate of drug-likeness (QED) is 0.765. The molecule has 2 aliphatic heterocycles. The Labute approximate surface area is 177 Å². The normalized spacial score (nSPS) is 24.7. The molecule has 0 amide bonds. The third kappa shape index (κ3) is 4.72. The molecule has 4 rings (SSSR count). The molecule has 2 aliphatic rings. The largest absolute Gasteiger partial charge is 0.480 e. The van der Waals surface area contributed by atoms with Crippen molar-refractivity contribution < 1.29 is 14.3 Å². The SMILES string of the molecule is NC1CN(C(C(=O)O)c2ccccc2)CC1CN1CCC(c2ccc(F)cc2)CC1. The van der Waals surface area contributed by atoms with Crippen LogP contribution < -0.4 is 5.73 Å². The summed E-state index contributed by atoms with van der Waals surface area (Å²) in [6.07, 6.45) is 2.11. The van der Waals surface area contributed by atoms with Crippen molar-refractivity contribution in [1.29, 1.82) is 0 Å². The van der Waals surface area contributed by atoms with Gasteiger partial charge in [-0.2, -0.15) is 0 Å². The maximum absolute atomic E-state index is 13.2. The topological polar surface area (TPSA) is 69.8 Å². The van der Waals surface area contributed by atoms with Gasteiger partial charge >= 0.3 is 5.97 Å². The van der Waals surface area contributed by atoms with E-state index >= 15 is 0 Å². The molecule has 0 aromatic heterocycles. The van der Waals surface area contributed by atoms with Gasteiger partial charge in [-0.3, -0.25) is 9.69 Å². The molecular formula is C24H30FN3O2. The molecule has 0 aliphatic carbocycles. The van der Waals surface area contributed by atoms with E-state index in [2.05, 4.69) is 4.90 Å². The molecule has 3 unspecified atom stereocenters. The van der Waals surface area contributed by atoms with Gasteiger partial charge in [0.1, 0.15) is 11.9 Å². The van der Waals surface area contributed by atoms with Crippen LogP contribution in [0.3, 0.4) is 0 Å². The van der Waals surface area contributed by atoms with Crippen LogP contribution in [-0.2, 0) is 4.79 Å². The van der Waals surface area contributed by atoms with Gasteiger partial charge in [0.2, 0.25) is 0 Å². The van der Waals surface area contributed by atoms with E-state index in [-0.39, 0.29) is 17.8 Å².